The molecule has 0 aliphatic heterocycles. The van der Waals surface area contributed by atoms with Crippen molar-refractivity contribution in [3.8, 4) is 0 Å². The van der Waals surface area contributed by atoms with E-state index in [9.17, 15) is 29.1 Å². The van der Waals surface area contributed by atoms with Gasteiger partial charge in [0.1, 0.15) is 18.1 Å². The first-order valence-electron chi connectivity index (χ1n) is 11.1. The van der Waals surface area contributed by atoms with Crippen molar-refractivity contribution in [3.63, 3.8) is 0 Å². The van der Waals surface area contributed by atoms with Crippen molar-refractivity contribution in [3.05, 3.63) is 36.0 Å². The number of carboxylic acid groups (broad SMARTS) is 2. The van der Waals surface area contributed by atoms with Crippen LogP contribution in [0.25, 0.3) is 10.9 Å². The monoisotopic (exact) mass is 489 g/mol. The Morgan fingerprint density at radius 2 is 1.57 bits per heavy atom. The molecule has 0 spiro atoms. The third-order valence-corrected chi connectivity index (χ3v) is 5.27. The molecule has 0 radical (unpaired) electrons. The molecule has 35 heavy (non-hydrogen) atoms. The number of nitrogens with one attached hydrogen (secondary N) is 4. The maximum absolute atomic E-state index is 13.0. The highest BCUT2D eigenvalue weighted by Crippen LogP contribution is 2.19. The Kier molecular flexibility index (Phi) is 9.76. The van der Waals surface area contributed by atoms with E-state index >= 15 is 0 Å². The van der Waals surface area contributed by atoms with Crippen LogP contribution >= 0.6 is 0 Å². The van der Waals surface area contributed by atoms with Crippen molar-refractivity contribution in [1.29, 1.82) is 0 Å². The van der Waals surface area contributed by atoms with Crippen molar-refractivity contribution in [1.82, 2.24) is 20.9 Å². The van der Waals surface area contributed by atoms with E-state index in [-0.39, 0.29) is 18.8 Å². The molecule has 0 bridgehead atoms. The lowest BCUT2D eigenvalue weighted by molar-refractivity contribution is -0.143. The zero-order valence-electron chi connectivity index (χ0n) is 19.5. The fraction of sp³-hybridized carbons (Fsp3) is 0.435. The molecule has 0 saturated heterocycles. The van der Waals surface area contributed by atoms with E-state index in [0.29, 0.717) is 5.56 Å². The molecule has 0 saturated carbocycles. The summed E-state index contributed by atoms with van der Waals surface area (Å²) in [5.41, 5.74) is 6.75. The number of hydrogen-bond acceptors (Lipinski definition) is 6. The van der Waals surface area contributed by atoms with Crippen molar-refractivity contribution < 1.29 is 34.2 Å². The predicted molar refractivity (Wildman–Crippen MR) is 126 cm³/mol. The van der Waals surface area contributed by atoms with Crippen LogP contribution in [-0.2, 0) is 30.4 Å². The Hall–Kier alpha value is -3.93. The molecule has 3 unspecified atom stereocenters. The molecule has 0 aliphatic rings. The highest BCUT2D eigenvalue weighted by molar-refractivity contribution is 5.95. The third kappa shape index (κ3) is 8.10. The summed E-state index contributed by atoms with van der Waals surface area (Å²) < 4.78 is 0. The maximum Gasteiger partial charge on any atom is 0.326 e. The lowest BCUT2D eigenvalue weighted by Gasteiger charge is -2.25. The van der Waals surface area contributed by atoms with Gasteiger partial charge in [-0.25, -0.2) is 4.79 Å². The van der Waals surface area contributed by atoms with Gasteiger partial charge in [-0.3, -0.25) is 19.2 Å². The van der Waals surface area contributed by atoms with Crippen LogP contribution in [0.5, 0.6) is 0 Å². The average Bonchev–Trinajstić information content (AvgIpc) is 3.19. The minimum Gasteiger partial charge on any atom is -0.481 e. The first-order chi connectivity index (χ1) is 16.5. The van der Waals surface area contributed by atoms with E-state index in [4.69, 9.17) is 10.8 Å². The fourth-order valence-electron chi connectivity index (χ4n) is 3.61. The van der Waals surface area contributed by atoms with Crippen LogP contribution in [0.1, 0.15) is 32.3 Å². The smallest absolute Gasteiger partial charge is 0.326 e. The summed E-state index contributed by atoms with van der Waals surface area (Å²) in [6.45, 7) is 3.16. The number of fused-ring (bicyclic) bond motifs is 1. The molecule has 3 amide bonds. The van der Waals surface area contributed by atoms with Crippen molar-refractivity contribution in [2.45, 2.75) is 51.2 Å². The molecule has 1 heterocycles. The van der Waals surface area contributed by atoms with Gasteiger partial charge < -0.3 is 36.9 Å². The van der Waals surface area contributed by atoms with Gasteiger partial charge in [-0.2, -0.15) is 0 Å². The molecule has 0 aliphatic carbocycles. The number of aliphatic carboxylic acids is 2. The number of rotatable bonds is 13. The second kappa shape index (κ2) is 12.5. The Morgan fingerprint density at radius 3 is 2.17 bits per heavy atom. The number of nitrogens with two attached hydrogens (primary N) is 1. The number of amides is 3. The van der Waals surface area contributed by atoms with Crippen molar-refractivity contribution >= 4 is 40.6 Å². The van der Waals surface area contributed by atoms with Crippen LogP contribution in [0.2, 0.25) is 0 Å². The van der Waals surface area contributed by atoms with Crippen LogP contribution in [-0.4, -0.2) is 69.5 Å². The second-order valence-electron chi connectivity index (χ2n) is 8.58. The lowest BCUT2D eigenvalue weighted by Crippen LogP contribution is -2.57. The summed E-state index contributed by atoms with van der Waals surface area (Å²) in [6, 6.07) is 3.46. The van der Waals surface area contributed by atoms with E-state index in [1.807, 2.05) is 24.3 Å². The first kappa shape index (κ1) is 27.3. The molecule has 8 N–H and O–H groups in total. The molecule has 2 rings (SSSR count). The second-order valence-corrected chi connectivity index (χ2v) is 8.58. The minimum atomic E-state index is -1.45. The molecular formula is C23H31N5O7. The zero-order valence-corrected chi connectivity index (χ0v) is 19.5. The molecule has 1 aromatic heterocycles. The topological polar surface area (TPSA) is 204 Å². The summed E-state index contributed by atoms with van der Waals surface area (Å²) in [5, 5.41) is 26.7. The van der Waals surface area contributed by atoms with Crippen molar-refractivity contribution in [2.24, 2.45) is 11.7 Å². The van der Waals surface area contributed by atoms with E-state index in [1.165, 1.54) is 0 Å². The summed E-state index contributed by atoms with van der Waals surface area (Å²) >= 11 is 0. The SMILES string of the molecule is CC(C)CC(NC(=O)C(CC(=O)O)NC(=O)CN)C(=O)NC(Cc1c[nH]c2ccccc12)C(=O)O. The van der Waals surface area contributed by atoms with Gasteiger partial charge in [0.15, 0.2) is 0 Å². The number of hydrogen-bond donors (Lipinski definition) is 7. The Balaban J connectivity index is 2.18. The highest BCUT2D eigenvalue weighted by Gasteiger charge is 2.31. The zero-order chi connectivity index (χ0) is 26.1. The average molecular weight is 490 g/mol. The van der Waals surface area contributed by atoms with Gasteiger partial charge in [0.25, 0.3) is 0 Å². The number of H-pyrrole nitrogens is 1. The van der Waals surface area contributed by atoms with Gasteiger partial charge in [-0.15, -0.1) is 0 Å². The molecule has 12 heteroatoms. The maximum atomic E-state index is 13.0. The van der Waals surface area contributed by atoms with Crippen LogP contribution in [0, 0.1) is 5.92 Å². The number of carboxylic acids is 2. The van der Waals surface area contributed by atoms with E-state index < -0.39 is 60.8 Å². The van der Waals surface area contributed by atoms with Crippen molar-refractivity contribution in [2.75, 3.05) is 6.54 Å². The number of aromatic nitrogens is 1. The van der Waals surface area contributed by atoms with Gasteiger partial charge in [0, 0.05) is 23.5 Å². The van der Waals surface area contributed by atoms with Gasteiger partial charge in [0.05, 0.1) is 13.0 Å². The molecular weight excluding hydrogens is 458 g/mol. The number of carbonyl (C=O) groups excluding carboxylic acids is 3. The van der Waals surface area contributed by atoms with E-state index in [1.54, 1.807) is 20.0 Å². The van der Waals surface area contributed by atoms with Gasteiger partial charge in [0.2, 0.25) is 17.7 Å². The normalized spacial score (nSPS) is 13.6. The molecule has 1 aromatic carbocycles. The lowest BCUT2D eigenvalue weighted by atomic mass is 10.0. The highest BCUT2D eigenvalue weighted by atomic mass is 16.4. The predicted octanol–water partition coefficient (Wildman–Crippen LogP) is -0.271. The Morgan fingerprint density at radius 1 is 0.943 bits per heavy atom. The molecule has 0 fully saturated rings. The first-order valence-corrected chi connectivity index (χ1v) is 11.1. The quantitative estimate of drug-likeness (QED) is 0.199. The number of carbonyl (C=O) groups is 5. The van der Waals surface area contributed by atoms with Gasteiger partial charge in [-0.05, 0) is 24.0 Å². The summed E-state index contributed by atoms with van der Waals surface area (Å²) in [6.07, 6.45) is 1.12. The number of benzene rings is 1. The van der Waals surface area contributed by atoms with Gasteiger partial charge in [-0.1, -0.05) is 32.0 Å². The molecule has 12 nitrogen and oxygen atoms in total. The van der Waals surface area contributed by atoms with E-state index in [2.05, 4.69) is 20.9 Å². The molecule has 2 aromatic rings. The fourth-order valence-corrected chi connectivity index (χ4v) is 3.61. The summed E-state index contributed by atoms with van der Waals surface area (Å²) in [7, 11) is 0. The Bertz CT molecular complexity index is 1080. The van der Waals surface area contributed by atoms with Crippen LogP contribution < -0.4 is 21.7 Å². The minimum absolute atomic E-state index is 0.00162. The third-order valence-electron chi connectivity index (χ3n) is 5.27. The summed E-state index contributed by atoms with van der Waals surface area (Å²) in [5.74, 6) is -5.02. The molecule has 3 atom stereocenters. The Labute approximate surface area is 201 Å². The largest absolute Gasteiger partial charge is 0.481 e. The van der Waals surface area contributed by atoms with Crippen LogP contribution in [0.15, 0.2) is 30.5 Å². The molecule has 190 valence electrons. The van der Waals surface area contributed by atoms with E-state index in [0.717, 1.165) is 10.9 Å². The standard InChI is InChI=1S/C23H31N5O7/c1-12(2)7-16(27-22(33)17(9-20(30)31)26-19(29)10-24)21(32)28-18(23(34)35)8-13-11-25-15-6-4-3-5-14(13)15/h3-6,11-12,16-18,25H,7-10,24H2,1-2H3,(H,26,29)(H,27,33)(H,28,32)(H,30,31)(H,34,35). The van der Waals surface area contributed by atoms with Crippen LogP contribution in [0.4, 0.5) is 0 Å². The number of aromatic amines is 1. The number of para-hydroxylation sites is 1. The van der Waals surface area contributed by atoms with Crippen LogP contribution in [0.3, 0.4) is 0 Å². The summed E-state index contributed by atoms with van der Waals surface area (Å²) in [4.78, 5) is 63.5. The van der Waals surface area contributed by atoms with Gasteiger partial charge >= 0.3 is 11.9 Å².